The third-order valence-corrected chi connectivity index (χ3v) is 3.93. The first kappa shape index (κ1) is 14.9. The molecule has 106 valence electrons. The molecule has 0 saturated heterocycles. The van der Waals surface area contributed by atoms with Crippen LogP contribution in [0.15, 0.2) is 30.9 Å². The summed E-state index contributed by atoms with van der Waals surface area (Å²) in [5.74, 6) is -0.383. The Hall–Kier alpha value is -1.52. The maximum atomic E-state index is 12.0. The topological polar surface area (TPSA) is 58.2 Å². The maximum absolute atomic E-state index is 12.0. The lowest BCUT2D eigenvalue weighted by Gasteiger charge is -2.36. The molecule has 20 heavy (non-hydrogen) atoms. The highest BCUT2D eigenvalue weighted by Crippen LogP contribution is 2.24. The number of rotatable bonds is 4. The van der Waals surface area contributed by atoms with Crippen LogP contribution in [0.5, 0.6) is 0 Å². The van der Waals surface area contributed by atoms with Crippen LogP contribution in [-0.4, -0.2) is 23.9 Å². The second-order valence-electron chi connectivity index (χ2n) is 4.68. The molecule has 0 radical (unpaired) electrons. The zero-order chi connectivity index (χ0) is 14.7. The highest BCUT2D eigenvalue weighted by atomic mass is 35.5. The van der Waals surface area contributed by atoms with Crippen molar-refractivity contribution in [3.8, 4) is 0 Å². The van der Waals surface area contributed by atoms with Crippen LogP contribution in [0.25, 0.3) is 0 Å². The molecule has 0 unspecified atom stereocenters. The van der Waals surface area contributed by atoms with Crippen LogP contribution in [0, 0.1) is 0 Å². The molecule has 6 heteroatoms. The van der Waals surface area contributed by atoms with Gasteiger partial charge in [-0.25, -0.2) is 0 Å². The van der Waals surface area contributed by atoms with Crippen molar-refractivity contribution in [3.63, 3.8) is 0 Å². The molecule has 1 saturated carbocycles. The van der Waals surface area contributed by atoms with Crippen LogP contribution in [-0.2, 0) is 4.79 Å². The van der Waals surface area contributed by atoms with Gasteiger partial charge in [-0.3, -0.25) is 9.59 Å². The Kier molecular flexibility index (Phi) is 4.68. The summed E-state index contributed by atoms with van der Waals surface area (Å²) in [7, 11) is 0. The Morgan fingerprint density at radius 2 is 1.80 bits per heavy atom. The lowest BCUT2D eigenvalue weighted by atomic mass is 9.86. The fraction of sp³-hybridized carbons (Fsp3) is 0.286. The van der Waals surface area contributed by atoms with Crippen molar-refractivity contribution in [3.05, 3.63) is 46.5 Å². The quantitative estimate of drug-likeness (QED) is 0.839. The Morgan fingerprint density at radius 1 is 1.15 bits per heavy atom. The average Bonchev–Trinajstić information content (AvgIpc) is 2.38. The highest BCUT2D eigenvalue weighted by Gasteiger charge is 2.31. The largest absolute Gasteiger partial charge is 0.350 e. The van der Waals surface area contributed by atoms with Crippen molar-refractivity contribution in [1.29, 1.82) is 0 Å². The second kappa shape index (κ2) is 6.29. The molecule has 0 bridgehead atoms. The summed E-state index contributed by atoms with van der Waals surface area (Å²) in [6.45, 7) is 3.39. The molecule has 2 rings (SSSR count). The minimum Gasteiger partial charge on any atom is -0.350 e. The van der Waals surface area contributed by atoms with Crippen molar-refractivity contribution < 1.29 is 9.59 Å². The van der Waals surface area contributed by atoms with Crippen LogP contribution < -0.4 is 10.6 Å². The summed E-state index contributed by atoms with van der Waals surface area (Å²) in [6, 6.07) is 4.91. The number of nitrogens with one attached hydrogen (secondary N) is 2. The van der Waals surface area contributed by atoms with E-state index < -0.39 is 0 Å². The summed E-state index contributed by atoms with van der Waals surface area (Å²) in [4.78, 5) is 23.1. The van der Waals surface area contributed by atoms with E-state index in [0.717, 1.165) is 0 Å². The smallest absolute Gasteiger partial charge is 0.251 e. The Balaban J connectivity index is 1.83. The van der Waals surface area contributed by atoms with E-state index in [1.807, 2.05) is 0 Å². The summed E-state index contributed by atoms with van der Waals surface area (Å²) in [5.41, 5.74) is 0.470. The van der Waals surface area contributed by atoms with Gasteiger partial charge in [0, 0.05) is 17.6 Å². The Bertz CT molecular complexity index is 554. The van der Waals surface area contributed by atoms with E-state index in [4.69, 9.17) is 23.2 Å². The van der Waals surface area contributed by atoms with E-state index in [1.165, 1.54) is 12.1 Å². The highest BCUT2D eigenvalue weighted by molar-refractivity contribution is 6.42. The van der Waals surface area contributed by atoms with Crippen LogP contribution in [0.1, 0.15) is 23.2 Å². The first-order chi connectivity index (χ1) is 9.49. The minimum absolute atomic E-state index is 0.0621. The Morgan fingerprint density at radius 3 is 2.40 bits per heavy atom. The van der Waals surface area contributed by atoms with Gasteiger partial charge in [0.25, 0.3) is 5.91 Å². The number of hydrogen-bond acceptors (Lipinski definition) is 2. The van der Waals surface area contributed by atoms with Crippen molar-refractivity contribution in [2.75, 3.05) is 0 Å². The van der Waals surface area contributed by atoms with Crippen molar-refractivity contribution in [2.45, 2.75) is 24.9 Å². The molecule has 0 spiro atoms. The van der Waals surface area contributed by atoms with Gasteiger partial charge in [0.05, 0.1) is 10.0 Å². The fourth-order valence-corrected chi connectivity index (χ4v) is 2.32. The molecule has 1 fully saturated rings. The van der Waals surface area contributed by atoms with Gasteiger partial charge in [0.1, 0.15) is 0 Å². The van der Waals surface area contributed by atoms with Gasteiger partial charge in [0.2, 0.25) is 5.91 Å². The molecule has 1 aliphatic rings. The molecular formula is C14H14Cl2N2O2. The SMILES string of the molecule is C=CC(=O)N[C@H]1C[C@H](NC(=O)c2ccc(Cl)c(Cl)c2)C1. The van der Waals surface area contributed by atoms with Gasteiger partial charge in [-0.05, 0) is 37.1 Å². The number of carbonyl (C=O) groups is 2. The monoisotopic (exact) mass is 312 g/mol. The Labute approximate surface area is 127 Å². The fourth-order valence-electron chi connectivity index (χ4n) is 2.02. The molecule has 0 aromatic heterocycles. The van der Waals surface area contributed by atoms with E-state index in [2.05, 4.69) is 17.2 Å². The van der Waals surface area contributed by atoms with Gasteiger partial charge in [-0.2, -0.15) is 0 Å². The first-order valence-corrected chi connectivity index (χ1v) is 6.94. The second-order valence-corrected chi connectivity index (χ2v) is 5.49. The average molecular weight is 313 g/mol. The molecule has 0 heterocycles. The molecule has 1 aromatic carbocycles. The lowest BCUT2D eigenvalue weighted by molar-refractivity contribution is -0.117. The van der Waals surface area contributed by atoms with Crippen molar-refractivity contribution in [2.24, 2.45) is 0 Å². The zero-order valence-electron chi connectivity index (χ0n) is 10.7. The molecule has 1 aliphatic carbocycles. The molecule has 0 atom stereocenters. The van der Waals surface area contributed by atoms with Gasteiger partial charge < -0.3 is 10.6 Å². The summed E-state index contributed by atoms with van der Waals surface area (Å²) in [6.07, 6.45) is 2.67. The van der Waals surface area contributed by atoms with Gasteiger partial charge >= 0.3 is 0 Å². The number of hydrogen-bond donors (Lipinski definition) is 2. The number of halogens is 2. The van der Waals surface area contributed by atoms with E-state index >= 15 is 0 Å². The van der Waals surface area contributed by atoms with Gasteiger partial charge in [-0.1, -0.05) is 29.8 Å². The summed E-state index contributed by atoms with van der Waals surface area (Å²) >= 11 is 11.7. The van der Waals surface area contributed by atoms with Gasteiger partial charge in [0.15, 0.2) is 0 Å². The molecule has 0 aliphatic heterocycles. The lowest BCUT2D eigenvalue weighted by Crippen LogP contribution is -2.53. The maximum Gasteiger partial charge on any atom is 0.251 e. The first-order valence-electron chi connectivity index (χ1n) is 6.18. The van der Waals surface area contributed by atoms with Crippen LogP contribution in [0.2, 0.25) is 10.0 Å². The summed E-state index contributed by atoms with van der Waals surface area (Å²) < 4.78 is 0. The van der Waals surface area contributed by atoms with E-state index in [1.54, 1.807) is 12.1 Å². The van der Waals surface area contributed by atoms with Crippen LogP contribution in [0.3, 0.4) is 0 Å². The minimum atomic E-state index is -0.193. The third kappa shape index (κ3) is 3.52. The number of benzene rings is 1. The van der Waals surface area contributed by atoms with Gasteiger partial charge in [-0.15, -0.1) is 0 Å². The standard InChI is InChI=1S/C14H14Cl2N2O2/c1-2-13(19)17-9-6-10(7-9)18-14(20)8-3-4-11(15)12(16)5-8/h2-5,9-10H,1,6-7H2,(H,17,19)(H,18,20)/t9-,10-. The normalized spacial score (nSPS) is 20.7. The van der Waals surface area contributed by atoms with Crippen LogP contribution in [0.4, 0.5) is 0 Å². The van der Waals surface area contributed by atoms with Crippen molar-refractivity contribution >= 4 is 35.0 Å². The summed E-state index contributed by atoms with van der Waals surface area (Å²) in [5, 5.41) is 6.43. The van der Waals surface area contributed by atoms with E-state index in [9.17, 15) is 9.59 Å². The van der Waals surface area contributed by atoms with E-state index in [0.29, 0.717) is 28.5 Å². The molecular weight excluding hydrogens is 299 g/mol. The zero-order valence-corrected chi connectivity index (χ0v) is 12.2. The molecule has 4 nitrogen and oxygen atoms in total. The number of amides is 2. The van der Waals surface area contributed by atoms with E-state index in [-0.39, 0.29) is 23.9 Å². The van der Waals surface area contributed by atoms with Crippen LogP contribution >= 0.6 is 23.2 Å². The molecule has 1 aromatic rings. The number of carbonyl (C=O) groups excluding carboxylic acids is 2. The molecule has 2 amide bonds. The van der Waals surface area contributed by atoms with Crippen molar-refractivity contribution in [1.82, 2.24) is 10.6 Å². The predicted octanol–water partition coefficient (Wildman–Crippen LogP) is 2.56. The predicted molar refractivity (Wildman–Crippen MR) is 79.1 cm³/mol. The third-order valence-electron chi connectivity index (χ3n) is 3.19. The molecule has 2 N–H and O–H groups in total.